The summed E-state index contributed by atoms with van der Waals surface area (Å²) in [5.41, 5.74) is 0.242. The van der Waals surface area contributed by atoms with E-state index in [1.807, 2.05) is 17.5 Å². The molecule has 29 heavy (non-hydrogen) atoms. The van der Waals surface area contributed by atoms with E-state index >= 15 is 0 Å². The number of carbonyl (C=O) groups excluding carboxylic acids is 1. The summed E-state index contributed by atoms with van der Waals surface area (Å²) in [7, 11) is 0. The van der Waals surface area contributed by atoms with Crippen LogP contribution in [0.1, 0.15) is 4.88 Å². The first-order chi connectivity index (χ1) is 14.1. The molecule has 4 rings (SSSR count). The number of nitrogens with zero attached hydrogens (tertiary/aromatic N) is 2. The average molecular weight is 426 g/mol. The molecule has 1 amide bonds. The maximum Gasteiger partial charge on any atom is 0.266 e. The molecule has 0 spiro atoms. The van der Waals surface area contributed by atoms with Crippen LogP contribution in [0.2, 0.25) is 0 Å². The van der Waals surface area contributed by atoms with E-state index in [1.54, 1.807) is 47.7 Å². The van der Waals surface area contributed by atoms with Crippen molar-refractivity contribution >= 4 is 39.9 Å². The quantitative estimate of drug-likeness (QED) is 0.375. The van der Waals surface area contributed by atoms with Gasteiger partial charge in [-0.15, -0.1) is 11.3 Å². The van der Waals surface area contributed by atoms with Crippen LogP contribution in [-0.2, 0) is 11.3 Å². The third kappa shape index (κ3) is 4.23. The Morgan fingerprint density at radius 3 is 2.69 bits per heavy atom. The number of thiophene rings is 1. The Balaban J connectivity index is 1.65. The molecule has 0 bridgehead atoms. The van der Waals surface area contributed by atoms with Gasteiger partial charge in [0.1, 0.15) is 5.82 Å². The molecule has 2 heterocycles. The largest absolute Gasteiger partial charge is 0.350 e. The summed E-state index contributed by atoms with van der Waals surface area (Å²) in [6.07, 6.45) is 0. The highest BCUT2D eigenvalue weighted by atomic mass is 32.2. The van der Waals surface area contributed by atoms with E-state index in [-0.39, 0.29) is 28.1 Å². The van der Waals surface area contributed by atoms with Gasteiger partial charge in [-0.2, -0.15) is 0 Å². The minimum atomic E-state index is -0.532. The molecular weight excluding hydrogens is 409 g/mol. The van der Waals surface area contributed by atoms with Crippen LogP contribution in [-0.4, -0.2) is 21.2 Å². The fourth-order valence-electron chi connectivity index (χ4n) is 2.83. The van der Waals surface area contributed by atoms with Crippen LogP contribution in [0.15, 0.2) is 76.0 Å². The number of carbonyl (C=O) groups is 1. The number of halogens is 1. The summed E-state index contributed by atoms with van der Waals surface area (Å²) in [6, 6.07) is 16.8. The molecular formula is C21H16FN3O2S2. The van der Waals surface area contributed by atoms with Gasteiger partial charge in [-0.1, -0.05) is 42.1 Å². The molecule has 0 aliphatic rings. The van der Waals surface area contributed by atoms with Crippen molar-refractivity contribution in [3.8, 4) is 5.69 Å². The number of hydrogen-bond acceptors (Lipinski definition) is 5. The normalized spacial score (nSPS) is 10.9. The molecule has 8 heteroatoms. The third-order valence-corrected chi connectivity index (χ3v) is 6.03. The van der Waals surface area contributed by atoms with Gasteiger partial charge in [0.2, 0.25) is 5.91 Å². The van der Waals surface area contributed by atoms with Crippen LogP contribution in [0.5, 0.6) is 0 Å². The monoisotopic (exact) mass is 425 g/mol. The molecule has 0 unspecified atom stereocenters. The van der Waals surface area contributed by atoms with E-state index in [4.69, 9.17) is 0 Å². The Labute approximate surface area is 174 Å². The minimum absolute atomic E-state index is 0.0601. The van der Waals surface area contributed by atoms with Gasteiger partial charge in [0.15, 0.2) is 5.16 Å². The zero-order valence-corrected chi connectivity index (χ0v) is 16.8. The third-order valence-electron chi connectivity index (χ3n) is 4.21. The molecule has 146 valence electrons. The highest BCUT2D eigenvalue weighted by molar-refractivity contribution is 7.99. The topological polar surface area (TPSA) is 64.0 Å². The maximum atomic E-state index is 14.4. The lowest BCUT2D eigenvalue weighted by Gasteiger charge is -2.13. The number of aromatic nitrogens is 2. The molecule has 2 aromatic carbocycles. The number of benzene rings is 2. The molecule has 5 nitrogen and oxygen atoms in total. The number of fused-ring (bicyclic) bond motifs is 1. The second-order valence-corrected chi connectivity index (χ2v) is 8.12. The summed E-state index contributed by atoms with van der Waals surface area (Å²) < 4.78 is 15.7. The zero-order chi connectivity index (χ0) is 20.2. The van der Waals surface area contributed by atoms with Crippen molar-refractivity contribution in [2.45, 2.75) is 11.7 Å². The predicted molar refractivity (Wildman–Crippen MR) is 114 cm³/mol. The minimum Gasteiger partial charge on any atom is -0.350 e. The van der Waals surface area contributed by atoms with Crippen molar-refractivity contribution in [3.05, 3.63) is 87.1 Å². The summed E-state index contributed by atoms with van der Waals surface area (Å²) >= 11 is 2.66. The lowest BCUT2D eigenvalue weighted by Crippen LogP contribution is -2.26. The van der Waals surface area contributed by atoms with E-state index in [0.29, 0.717) is 17.4 Å². The van der Waals surface area contributed by atoms with Gasteiger partial charge in [-0.05, 0) is 35.7 Å². The Bertz CT molecular complexity index is 1220. The SMILES string of the molecule is O=C(CSc1nc2ccccc2c(=O)n1-c1ccccc1F)NCc1cccs1. The van der Waals surface area contributed by atoms with Crippen molar-refractivity contribution < 1.29 is 9.18 Å². The summed E-state index contributed by atoms with van der Waals surface area (Å²) in [6.45, 7) is 0.447. The number of thioether (sulfide) groups is 1. The van der Waals surface area contributed by atoms with E-state index in [1.165, 1.54) is 16.7 Å². The molecule has 0 aliphatic heterocycles. The highest BCUT2D eigenvalue weighted by Gasteiger charge is 2.17. The Kier molecular flexibility index (Phi) is 5.73. The smallest absolute Gasteiger partial charge is 0.266 e. The fraction of sp³-hybridized carbons (Fsp3) is 0.0952. The molecule has 2 aromatic heterocycles. The molecule has 0 saturated carbocycles. The Morgan fingerprint density at radius 2 is 1.90 bits per heavy atom. The van der Waals surface area contributed by atoms with Crippen molar-refractivity contribution in [2.75, 3.05) is 5.75 Å². The molecule has 0 radical (unpaired) electrons. The zero-order valence-electron chi connectivity index (χ0n) is 15.2. The van der Waals surface area contributed by atoms with E-state index < -0.39 is 5.82 Å². The number of hydrogen-bond donors (Lipinski definition) is 1. The Hall–Kier alpha value is -2.97. The lowest BCUT2D eigenvalue weighted by atomic mass is 10.2. The van der Waals surface area contributed by atoms with Gasteiger partial charge < -0.3 is 5.32 Å². The van der Waals surface area contributed by atoms with Crippen molar-refractivity contribution in [3.63, 3.8) is 0 Å². The standard InChI is InChI=1S/C21H16FN3O2S2/c22-16-8-2-4-10-18(16)25-20(27)15-7-1-3-9-17(15)24-21(25)29-13-19(26)23-12-14-6-5-11-28-14/h1-11H,12-13H2,(H,23,26). The second-order valence-electron chi connectivity index (χ2n) is 6.15. The predicted octanol–water partition coefficient (Wildman–Crippen LogP) is 3.99. The molecule has 0 saturated heterocycles. The van der Waals surface area contributed by atoms with E-state index in [2.05, 4.69) is 10.3 Å². The Morgan fingerprint density at radius 1 is 1.10 bits per heavy atom. The second kappa shape index (κ2) is 8.59. The maximum absolute atomic E-state index is 14.4. The summed E-state index contributed by atoms with van der Waals surface area (Å²) in [4.78, 5) is 30.9. The highest BCUT2D eigenvalue weighted by Crippen LogP contribution is 2.22. The number of para-hydroxylation sites is 2. The van der Waals surface area contributed by atoms with Gasteiger partial charge in [-0.25, -0.2) is 9.37 Å². The van der Waals surface area contributed by atoms with Gasteiger partial charge in [-0.3, -0.25) is 14.2 Å². The number of nitrogens with one attached hydrogen (secondary N) is 1. The molecule has 0 atom stereocenters. The van der Waals surface area contributed by atoms with Gasteiger partial charge in [0.25, 0.3) is 5.56 Å². The molecule has 0 fully saturated rings. The van der Waals surface area contributed by atoms with Crippen molar-refractivity contribution in [2.24, 2.45) is 0 Å². The number of amides is 1. The first kappa shape index (κ1) is 19.4. The molecule has 4 aromatic rings. The van der Waals surface area contributed by atoms with Crippen molar-refractivity contribution in [1.82, 2.24) is 14.9 Å². The fourth-order valence-corrected chi connectivity index (χ4v) is 4.31. The first-order valence-corrected chi connectivity index (χ1v) is 10.7. The van der Waals surface area contributed by atoms with Crippen LogP contribution in [0.3, 0.4) is 0 Å². The van der Waals surface area contributed by atoms with Crippen LogP contribution >= 0.6 is 23.1 Å². The van der Waals surface area contributed by atoms with Gasteiger partial charge in [0, 0.05) is 4.88 Å². The van der Waals surface area contributed by atoms with Gasteiger partial charge >= 0.3 is 0 Å². The first-order valence-electron chi connectivity index (χ1n) is 8.82. The van der Waals surface area contributed by atoms with E-state index in [9.17, 15) is 14.0 Å². The van der Waals surface area contributed by atoms with Crippen LogP contribution in [0.25, 0.3) is 16.6 Å². The van der Waals surface area contributed by atoms with Crippen LogP contribution in [0.4, 0.5) is 4.39 Å². The van der Waals surface area contributed by atoms with Crippen molar-refractivity contribution in [1.29, 1.82) is 0 Å². The van der Waals surface area contributed by atoms with Crippen LogP contribution < -0.4 is 10.9 Å². The van der Waals surface area contributed by atoms with Crippen LogP contribution in [0, 0.1) is 5.82 Å². The molecule has 1 N–H and O–H groups in total. The van der Waals surface area contributed by atoms with E-state index in [0.717, 1.165) is 16.6 Å². The molecule has 0 aliphatic carbocycles. The van der Waals surface area contributed by atoms with Gasteiger partial charge in [0.05, 0.1) is 28.9 Å². The summed E-state index contributed by atoms with van der Waals surface area (Å²) in [5.74, 6) is -0.661. The lowest BCUT2D eigenvalue weighted by molar-refractivity contribution is -0.118. The number of rotatable bonds is 6. The summed E-state index contributed by atoms with van der Waals surface area (Å²) in [5, 5.41) is 5.45. The average Bonchev–Trinajstić information content (AvgIpc) is 3.25.